The van der Waals surface area contributed by atoms with Gasteiger partial charge >= 0.3 is 5.97 Å². The SMILES string of the molecule is O=C(O)CCCCCCCCCCCCCCCCCCc1ccc(O)cc1. The Balaban J connectivity index is 1.72. The fourth-order valence-electron chi connectivity index (χ4n) is 3.74. The van der Waals surface area contributed by atoms with E-state index in [1.54, 1.807) is 12.1 Å². The highest BCUT2D eigenvalue weighted by atomic mass is 16.4. The molecule has 0 spiro atoms. The van der Waals surface area contributed by atoms with Gasteiger partial charge in [0.05, 0.1) is 0 Å². The molecule has 0 unspecified atom stereocenters. The van der Waals surface area contributed by atoms with Crippen molar-refractivity contribution in [2.45, 2.75) is 116 Å². The molecule has 0 aliphatic rings. The van der Waals surface area contributed by atoms with Crippen LogP contribution in [0.5, 0.6) is 5.75 Å². The number of carbonyl (C=O) groups is 1. The summed E-state index contributed by atoms with van der Waals surface area (Å²) >= 11 is 0. The lowest BCUT2D eigenvalue weighted by atomic mass is 10.0. The number of hydrogen-bond donors (Lipinski definition) is 2. The van der Waals surface area contributed by atoms with Crippen molar-refractivity contribution in [3.8, 4) is 5.75 Å². The summed E-state index contributed by atoms with van der Waals surface area (Å²) in [6.07, 6.45) is 22.1. The monoisotopic (exact) mass is 390 g/mol. The number of carboxylic acid groups (broad SMARTS) is 1. The van der Waals surface area contributed by atoms with Crippen LogP contribution >= 0.6 is 0 Å². The standard InChI is InChI=1S/C25H42O3/c26-24-21-19-23(20-22-24)17-15-13-11-9-7-5-3-1-2-4-6-8-10-12-14-16-18-25(27)28/h19-22,26H,1-18H2,(H,27,28). The van der Waals surface area contributed by atoms with Crippen LogP contribution in [0.4, 0.5) is 0 Å². The van der Waals surface area contributed by atoms with Crippen LogP contribution in [0.25, 0.3) is 0 Å². The van der Waals surface area contributed by atoms with Crippen LogP contribution in [0, 0.1) is 0 Å². The fourth-order valence-corrected chi connectivity index (χ4v) is 3.74. The van der Waals surface area contributed by atoms with Crippen molar-refractivity contribution < 1.29 is 15.0 Å². The van der Waals surface area contributed by atoms with E-state index in [2.05, 4.69) is 0 Å². The highest BCUT2D eigenvalue weighted by molar-refractivity contribution is 5.66. The molecule has 0 aliphatic carbocycles. The molecule has 0 bridgehead atoms. The second kappa shape index (κ2) is 17.6. The molecule has 0 atom stereocenters. The zero-order valence-corrected chi connectivity index (χ0v) is 17.8. The van der Waals surface area contributed by atoms with E-state index < -0.39 is 5.97 Å². The Morgan fingerprint density at radius 3 is 1.32 bits per heavy atom. The summed E-state index contributed by atoms with van der Waals surface area (Å²) in [5, 5.41) is 17.9. The summed E-state index contributed by atoms with van der Waals surface area (Å²) in [6, 6.07) is 7.61. The minimum absolute atomic E-state index is 0.333. The Morgan fingerprint density at radius 2 is 0.929 bits per heavy atom. The normalized spacial score (nSPS) is 11.0. The minimum atomic E-state index is -0.661. The molecular formula is C25H42O3. The lowest BCUT2D eigenvalue weighted by molar-refractivity contribution is -0.137. The highest BCUT2D eigenvalue weighted by Crippen LogP contribution is 2.15. The van der Waals surface area contributed by atoms with Crippen molar-refractivity contribution >= 4 is 5.97 Å². The van der Waals surface area contributed by atoms with E-state index in [-0.39, 0.29) is 0 Å². The zero-order valence-electron chi connectivity index (χ0n) is 17.8. The summed E-state index contributed by atoms with van der Waals surface area (Å²) in [5.74, 6) is -0.306. The minimum Gasteiger partial charge on any atom is -0.508 e. The number of aliphatic carboxylic acids is 1. The van der Waals surface area contributed by atoms with E-state index in [9.17, 15) is 9.90 Å². The first-order valence-corrected chi connectivity index (χ1v) is 11.7. The Morgan fingerprint density at radius 1 is 0.571 bits per heavy atom. The molecule has 160 valence electrons. The lowest BCUT2D eigenvalue weighted by Gasteiger charge is -2.04. The first-order valence-electron chi connectivity index (χ1n) is 11.7. The van der Waals surface area contributed by atoms with Crippen LogP contribution in [-0.2, 0) is 11.2 Å². The van der Waals surface area contributed by atoms with Crippen molar-refractivity contribution in [3.63, 3.8) is 0 Å². The van der Waals surface area contributed by atoms with Gasteiger partial charge < -0.3 is 10.2 Å². The average Bonchev–Trinajstić information content (AvgIpc) is 2.68. The van der Waals surface area contributed by atoms with E-state index in [1.807, 2.05) is 12.1 Å². The van der Waals surface area contributed by atoms with E-state index in [1.165, 1.54) is 95.5 Å². The third-order valence-electron chi connectivity index (χ3n) is 5.54. The van der Waals surface area contributed by atoms with Crippen LogP contribution in [-0.4, -0.2) is 16.2 Å². The molecule has 0 amide bonds. The number of phenols is 1. The van der Waals surface area contributed by atoms with Crippen LogP contribution < -0.4 is 0 Å². The lowest BCUT2D eigenvalue weighted by Crippen LogP contribution is -1.93. The first kappa shape index (κ1) is 24.5. The maximum Gasteiger partial charge on any atom is 0.303 e. The first-order chi connectivity index (χ1) is 13.7. The summed E-state index contributed by atoms with van der Waals surface area (Å²) in [6.45, 7) is 0. The van der Waals surface area contributed by atoms with Crippen molar-refractivity contribution in [1.29, 1.82) is 0 Å². The van der Waals surface area contributed by atoms with Gasteiger partial charge in [-0.15, -0.1) is 0 Å². The highest BCUT2D eigenvalue weighted by Gasteiger charge is 1.98. The molecule has 0 radical (unpaired) electrons. The van der Waals surface area contributed by atoms with Gasteiger partial charge in [0.2, 0.25) is 0 Å². The van der Waals surface area contributed by atoms with Crippen LogP contribution in [0.15, 0.2) is 24.3 Å². The Kier molecular flexibility index (Phi) is 15.4. The summed E-state index contributed by atoms with van der Waals surface area (Å²) in [7, 11) is 0. The number of unbranched alkanes of at least 4 members (excludes halogenated alkanes) is 15. The van der Waals surface area contributed by atoms with Gasteiger partial charge in [0.25, 0.3) is 0 Å². The largest absolute Gasteiger partial charge is 0.508 e. The number of aryl methyl sites for hydroxylation is 1. The third kappa shape index (κ3) is 15.5. The van der Waals surface area contributed by atoms with Gasteiger partial charge in [-0.2, -0.15) is 0 Å². The van der Waals surface area contributed by atoms with E-state index in [0.29, 0.717) is 12.2 Å². The molecular weight excluding hydrogens is 348 g/mol. The van der Waals surface area contributed by atoms with Crippen molar-refractivity contribution in [3.05, 3.63) is 29.8 Å². The van der Waals surface area contributed by atoms with Gasteiger partial charge in [-0.25, -0.2) is 0 Å². The summed E-state index contributed by atoms with van der Waals surface area (Å²) in [5.41, 5.74) is 1.33. The van der Waals surface area contributed by atoms with Gasteiger partial charge in [-0.05, 0) is 37.0 Å². The molecule has 0 saturated carbocycles. The molecule has 1 aromatic rings. The Bertz CT molecular complexity index is 481. The van der Waals surface area contributed by atoms with Crippen molar-refractivity contribution in [2.24, 2.45) is 0 Å². The molecule has 0 aromatic heterocycles. The maximum atomic E-state index is 10.4. The van der Waals surface area contributed by atoms with E-state index in [4.69, 9.17) is 5.11 Å². The van der Waals surface area contributed by atoms with E-state index in [0.717, 1.165) is 19.3 Å². The molecule has 1 aromatic carbocycles. The summed E-state index contributed by atoms with van der Waals surface area (Å²) in [4.78, 5) is 10.4. The summed E-state index contributed by atoms with van der Waals surface area (Å²) < 4.78 is 0. The fraction of sp³-hybridized carbons (Fsp3) is 0.720. The van der Waals surface area contributed by atoms with Gasteiger partial charge in [-0.3, -0.25) is 4.79 Å². The van der Waals surface area contributed by atoms with Gasteiger partial charge in [0.1, 0.15) is 5.75 Å². The van der Waals surface area contributed by atoms with Crippen molar-refractivity contribution in [1.82, 2.24) is 0 Å². The second-order valence-corrected chi connectivity index (χ2v) is 8.22. The van der Waals surface area contributed by atoms with Crippen LogP contribution in [0.3, 0.4) is 0 Å². The number of rotatable bonds is 19. The van der Waals surface area contributed by atoms with Gasteiger partial charge in [0, 0.05) is 6.42 Å². The molecule has 0 saturated heterocycles. The Hall–Kier alpha value is -1.51. The van der Waals surface area contributed by atoms with E-state index >= 15 is 0 Å². The van der Waals surface area contributed by atoms with Gasteiger partial charge in [0.15, 0.2) is 0 Å². The predicted molar refractivity (Wildman–Crippen MR) is 118 cm³/mol. The number of aromatic hydroxyl groups is 1. The maximum absolute atomic E-state index is 10.4. The zero-order chi connectivity index (χ0) is 20.3. The number of phenolic OH excluding ortho intramolecular Hbond substituents is 1. The predicted octanol–water partition coefficient (Wildman–Crippen LogP) is 7.65. The van der Waals surface area contributed by atoms with Gasteiger partial charge in [-0.1, -0.05) is 102 Å². The molecule has 0 aliphatic heterocycles. The molecule has 3 heteroatoms. The number of hydrogen-bond acceptors (Lipinski definition) is 2. The average molecular weight is 391 g/mol. The number of carboxylic acids is 1. The van der Waals surface area contributed by atoms with Crippen LogP contribution in [0.2, 0.25) is 0 Å². The molecule has 1 rings (SSSR count). The topological polar surface area (TPSA) is 57.5 Å². The smallest absolute Gasteiger partial charge is 0.303 e. The Labute approximate surface area is 172 Å². The quantitative estimate of drug-likeness (QED) is 0.238. The number of benzene rings is 1. The molecule has 2 N–H and O–H groups in total. The van der Waals surface area contributed by atoms with Crippen LogP contribution in [0.1, 0.15) is 115 Å². The van der Waals surface area contributed by atoms with Crippen molar-refractivity contribution in [2.75, 3.05) is 0 Å². The molecule has 0 heterocycles. The molecule has 3 nitrogen and oxygen atoms in total. The molecule has 0 fully saturated rings. The second-order valence-electron chi connectivity index (χ2n) is 8.22. The third-order valence-corrected chi connectivity index (χ3v) is 5.54. The molecule has 28 heavy (non-hydrogen) atoms.